The van der Waals surface area contributed by atoms with Crippen molar-refractivity contribution < 1.29 is 4.74 Å². The van der Waals surface area contributed by atoms with Gasteiger partial charge in [-0.2, -0.15) is 4.98 Å². The van der Waals surface area contributed by atoms with Crippen molar-refractivity contribution in [2.75, 3.05) is 5.43 Å². The third kappa shape index (κ3) is 5.49. The number of nitrogens with one attached hydrogen (secondary N) is 1. The Morgan fingerprint density at radius 1 is 1.41 bits per heavy atom. The Balaban J connectivity index is 2.31. The number of aromatic nitrogens is 2. The summed E-state index contributed by atoms with van der Waals surface area (Å²) < 4.78 is 5.69. The second-order valence-electron chi connectivity index (χ2n) is 4.14. The first-order valence-electron chi connectivity index (χ1n) is 6.22. The highest BCUT2D eigenvalue weighted by molar-refractivity contribution is 5.25. The van der Waals surface area contributed by atoms with Gasteiger partial charge in [0.1, 0.15) is 0 Å². The van der Waals surface area contributed by atoms with E-state index in [0.717, 1.165) is 6.42 Å². The van der Waals surface area contributed by atoms with Gasteiger partial charge in [-0.25, -0.2) is 10.8 Å². The molecule has 0 aliphatic carbocycles. The number of ether oxygens (including phenoxy) is 1. The van der Waals surface area contributed by atoms with E-state index in [1.807, 2.05) is 0 Å². The number of hydrogen-bond donors (Lipinski definition) is 2. The molecule has 5 nitrogen and oxygen atoms in total. The van der Waals surface area contributed by atoms with E-state index >= 15 is 0 Å². The summed E-state index contributed by atoms with van der Waals surface area (Å²) in [5, 5.41) is 0. The summed E-state index contributed by atoms with van der Waals surface area (Å²) in [6.45, 7) is 4.27. The molecule has 1 heterocycles. The Labute approximate surface area is 103 Å². The Morgan fingerprint density at radius 3 is 2.94 bits per heavy atom. The maximum absolute atomic E-state index is 5.69. The molecule has 0 saturated carbocycles. The molecule has 5 heteroatoms. The van der Waals surface area contributed by atoms with Gasteiger partial charge in [-0.05, 0) is 19.8 Å². The number of nitrogens with two attached hydrogens (primary N) is 1. The molecule has 0 amide bonds. The van der Waals surface area contributed by atoms with Crippen molar-refractivity contribution >= 4 is 5.95 Å². The van der Waals surface area contributed by atoms with Crippen LogP contribution in [0.3, 0.4) is 0 Å². The lowest BCUT2D eigenvalue weighted by atomic mass is 10.1. The number of nitrogens with zero attached hydrogens (tertiary/aromatic N) is 2. The smallest absolute Gasteiger partial charge is 0.240 e. The zero-order chi connectivity index (χ0) is 12.5. The third-order valence-electron chi connectivity index (χ3n) is 2.55. The minimum Gasteiger partial charge on any atom is -0.475 e. The van der Waals surface area contributed by atoms with Crippen LogP contribution in [0.15, 0.2) is 12.3 Å². The van der Waals surface area contributed by atoms with Crippen LogP contribution in [0.5, 0.6) is 5.88 Å². The van der Waals surface area contributed by atoms with E-state index < -0.39 is 0 Å². The van der Waals surface area contributed by atoms with Crippen molar-refractivity contribution in [3.63, 3.8) is 0 Å². The van der Waals surface area contributed by atoms with Gasteiger partial charge in [-0.15, -0.1) is 0 Å². The molecular weight excluding hydrogens is 216 g/mol. The monoisotopic (exact) mass is 238 g/mol. The van der Waals surface area contributed by atoms with Crippen LogP contribution < -0.4 is 16.0 Å². The van der Waals surface area contributed by atoms with Crippen LogP contribution in [0.1, 0.15) is 46.0 Å². The molecule has 96 valence electrons. The quantitative estimate of drug-likeness (QED) is 0.413. The Morgan fingerprint density at radius 2 is 2.24 bits per heavy atom. The van der Waals surface area contributed by atoms with Crippen LogP contribution in [-0.4, -0.2) is 16.1 Å². The van der Waals surface area contributed by atoms with Crippen molar-refractivity contribution in [2.24, 2.45) is 5.84 Å². The van der Waals surface area contributed by atoms with Crippen LogP contribution in [-0.2, 0) is 0 Å². The summed E-state index contributed by atoms with van der Waals surface area (Å²) in [6.07, 6.45) is 7.86. The summed E-state index contributed by atoms with van der Waals surface area (Å²) in [7, 11) is 0. The van der Waals surface area contributed by atoms with Gasteiger partial charge in [0.05, 0.1) is 6.10 Å². The Hall–Kier alpha value is -1.36. The minimum absolute atomic E-state index is 0.174. The van der Waals surface area contributed by atoms with Gasteiger partial charge >= 0.3 is 0 Å². The maximum atomic E-state index is 5.69. The standard InChI is InChI=1S/C12H22N4O/c1-3-4-5-6-7-10(2)17-11-8-9-14-12(15-11)16-13/h8-10H,3-7,13H2,1-2H3,(H,14,15,16). The largest absolute Gasteiger partial charge is 0.475 e. The number of unbranched alkanes of at least 4 members (excludes halogenated alkanes) is 3. The van der Waals surface area contributed by atoms with Crippen LogP contribution in [0.4, 0.5) is 5.95 Å². The fourth-order valence-corrected chi connectivity index (χ4v) is 1.60. The molecule has 1 rings (SSSR count). The molecule has 3 N–H and O–H groups in total. The Kier molecular flexibility index (Phi) is 6.32. The van der Waals surface area contributed by atoms with Gasteiger partial charge in [0.25, 0.3) is 0 Å². The van der Waals surface area contributed by atoms with Gasteiger partial charge < -0.3 is 4.74 Å². The second-order valence-corrected chi connectivity index (χ2v) is 4.14. The molecule has 0 aromatic carbocycles. The fourth-order valence-electron chi connectivity index (χ4n) is 1.60. The molecule has 0 bridgehead atoms. The van der Waals surface area contributed by atoms with Crippen LogP contribution >= 0.6 is 0 Å². The van der Waals surface area contributed by atoms with Gasteiger partial charge in [0.2, 0.25) is 11.8 Å². The van der Waals surface area contributed by atoms with Gasteiger partial charge in [-0.1, -0.05) is 26.2 Å². The number of anilines is 1. The molecule has 1 atom stereocenters. The highest BCUT2D eigenvalue weighted by Crippen LogP contribution is 2.13. The topological polar surface area (TPSA) is 73.1 Å². The molecule has 1 aromatic heterocycles. The predicted octanol–water partition coefficient (Wildman–Crippen LogP) is 2.50. The zero-order valence-corrected chi connectivity index (χ0v) is 10.6. The first-order valence-corrected chi connectivity index (χ1v) is 6.22. The predicted molar refractivity (Wildman–Crippen MR) is 68.7 cm³/mol. The first-order chi connectivity index (χ1) is 8.26. The van der Waals surface area contributed by atoms with Crippen molar-refractivity contribution in [1.29, 1.82) is 0 Å². The highest BCUT2D eigenvalue weighted by Gasteiger charge is 2.05. The summed E-state index contributed by atoms with van der Waals surface area (Å²) in [6, 6.07) is 1.74. The lowest BCUT2D eigenvalue weighted by Crippen LogP contribution is -2.15. The van der Waals surface area contributed by atoms with Crippen molar-refractivity contribution in [3.8, 4) is 5.88 Å². The average molecular weight is 238 g/mol. The van der Waals surface area contributed by atoms with E-state index in [2.05, 4.69) is 29.2 Å². The molecule has 0 aliphatic rings. The van der Waals surface area contributed by atoms with E-state index in [0.29, 0.717) is 11.8 Å². The van der Waals surface area contributed by atoms with Crippen LogP contribution in [0, 0.1) is 0 Å². The zero-order valence-electron chi connectivity index (χ0n) is 10.6. The first kappa shape index (κ1) is 13.7. The number of hydrazine groups is 1. The van der Waals surface area contributed by atoms with E-state index in [1.165, 1.54) is 25.7 Å². The number of nitrogen functional groups attached to an aromatic ring is 1. The molecule has 0 aliphatic heterocycles. The van der Waals surface area contributed by atoms with Crippen LogP contribution in [0.2, 0.25) is 0 Å². The van der Waals surface area contributed by atoms with Crippen LogP contribution in [0.25, 0.3) is 0 Å². The number of rotatable bonds is 8. The third-order valence-corrected chi connectivity index (χ3v) is 2.55. The van der Waals surface area contributed by atoms with E-state index in [4.69, 9.17) is 10.6 Å². The van der Waals surface area contributed by atoms with Gasteiger partial charge in [-0.3, -0.25) is 5.43 Å². The molecular formula is C12H22N4O. The van der Waals surface area contributed by atoms with E-state index in [9.17, 15) is 0 Å². The molecule has 0 saturated heterocycles. The Bertz CT molecular complexity index is 319. The molecule has 0 radical (unpaired) electrons. The highest BCUT2D eigenvalue weighted by atomic mass is 16.5. The summed E-state index contributed by atoms with van der Waals surface area (Å²) in [4.78, 5) is 8.03. The van der Waals surface area contributed by atoms with Crippen molar-refractivity contribution in [1.82, 2.24) is 9.97 Å². The SMILES string of the molecule is CCCCCCC(C)Oc1ccnc(NN)n1. The summed E-state index contributed by atoms with van der Waals surface area (Å²) >= 11 is 0. The number of hydrogen-bond acceptors (Lipinski definition) is 5. The summed E-state index contributed by atoms with van der Waals surface area (Å²) in [5.41, 5.74) is 2.40. The van der Waals surface area contributed by atoms with Gasteiger partial charge in [0, 0.05) is 12.3 Å². The molecule has 0 fully saturated rings. The van der Waals surface area contributed by atoms with Crippen molar-refractivity contribution in [2.45, 2.75) is 52.1 Å². The fraction of sp³-hybridized carbons (Fsp3) is 0.667. The lowest BCUT2D eigenvalue weighted by Gasteiger charge is -2.13. The molecule has 17 heavy (non-hydrogen) atoms. The summed E-state index contributed by atoms with van der Waals surface area (Å²) in [5.74, 6) is 6.17. The van der Waals surface area contributed by atoms with E-state index in [-0.39, 0.29) is 6.10 Å². The van der Waals surface area contributed by atoms with Crippen molar-refractivity contribution in [3.05, 3.63) is 12.3 Å². The van der Waals surface area contributed by atoms with E-state index in [1.54, 1.807) is 12.3 Å². The molecule has 0 spiro atoms. The average Bonchev–Trinajstić information content (AvgIpc) is 2.35. The normalized spacial score (nSPS) is 12.2. The lowest BCUT2D eigenvalue weighted by molar-refractivity contribution is 0.198. The maximum Gasteiger partial charge on any atom is 0.240 e. The van der Waals surface area contributed by atoms with Gasteiger partial charge in [0.15, 0.2) is 0 Å². The second kappa shape index (κ2) is 7.84. The molecule has 1 unspecified atom stereocenters. The molecule has 1 aromatic rings. The minimum atomic E-state index is 0.174.